The van der Waals surface area contributed by atoms with Gasteiger partial charge in [0.15, 0.2) is 0 Å². The zero-order chi connectivity index (χ0) is 14.9. The second-order valence-electron chi connectivity index (χ2n) is 5.52. The number of benzene rings is 1. The van der Waals surface area contributed by atoms with Gasteiger partial charge in [0.25, 0.3) is 0 Å². The number of nitrogens with two attached hydrogens (primary N) is 2. The highest BCUT2D eigenvalue weighted by molar-refractivity contribution is 7.89. The number of hydrogen-bond donors (Lipinski definition) is 2. The maximum absolute atomic E-state index is 11.5. The molecule has 1 heterocycles. The molecule has 112 valence electrons. The van der Waals surface area contributed by atoms with Crippen LogP contribution in [0.4, 0.5) is 11.4 Å². The van der Waals surface area contributed by atoms with Crippen LogP contribution in [-0.4, -0.2) is 46.5 Å². The summed E-state index contributed by atoms with van der Waals surface area (Å²) in [6, 6.07) is 4.99. The van der Waals surface area contributed by atoms with Crippen molar-refractivity contribution in [1.29, 1.82) is 0 Å². The average molecular weight is 298 g/mol. The molecular weight excluding hydrogens is 276 g/mol. The molecule has 0 amide bonds. The Morgan fingerprint density at radius 1 is 1.40 bits per heavy atom. The van der Waals surface area contributed by atoms with Crippen molar-refractivity contribution in [1.82, 2.24) is 4.90 Å². The summed E-state index contributed by atoms with van der Waals surface area (Å²) in [5.41, 5.74) is 7.37. The predicted molar refractivity (Wildman–Crippen MR) is 81.1 cm³/mol. The molecule has 1 saturated heterocycles. The molecule has 0 aliphatic carbocycles. The van der Waals surface area contributed by atoms with Crippen LogP contribution >= 0.6 is 0 Å². The van der Waals surface area contributed by atoms with Crippen molar-refractivity contribution in [2.45, 2.75) is 23.8 Å². The smallest absolute Gasteiger partial charge is 0.238 e. The molecule has 6 nitrogen and oxygen atoms in total. The molecule has 0 saturated carbocycles. The van der Waals surface area contributed by atoms with E-state index in [0.29, 0.717) is 11.7 Å². The molecular formula is C13H22N4O2S. The van der Waals surface area contributed by atoms with Gasteiger partial charge in [0, 0.05) is 19.1 Å². The summed E-state index contributed by atoms with van der Waals surface area (Å²) in [5, 5.41) is 5.19. The van der Waals surface area contributed by atoms with Gasteiger partial charge in [0.05, 0.1) is 16.3 Å². The Morgan fingerprint density at radius 3 is 2.70 bits per heavy atom. The normalized spacial score (nSPS) is 19.8. The van der Waals surface area contributed by atoms with E-state index in [-0.39, 0.29) is 4.90 Å². The van der Waals surface area contributed by atoms with Gasteiger partial charge in [-0.25, -0.2) is 13.6 Å². The predicted octanol–water partition coefficient (Wildman–Crippen LogP) is 0.447. The molecule has 1 aliphatic rings. The van der Waals surface area contributed by atoms with Gasteiger partial charge in [-0.05, 0) is 45.1 Å². The van der Waals surface area contributed by atoms with Gasteiger partial charge in [0.2, 0.25) is 10.0 Å². The van der Waals surface area contributed by atoms with Crippen LogP contribution in [-0.2, 0) is 10.0 Å². The highest BCUT2D eigenvalue weighted by Crippen LogP contribution is 2.32. The van der Waals surface area contributed by atoms with Crippen LogP contribution in [0.25, 0.3) is 0 Å². The van der Waals surface area contributed by atoms with Crippen LogP contribution in [0.3, 0.4) is 0 Å². The molecule has 0 radical (unpaired) electrons. The van der Waals surface area contributed by atoms with Crippen molar-refractivity contribution in [3.8, 4) is 0 Å². The van der Waals surface area contributed by atoms with Crippen LogP contribution in [0.15, 0.2) is 23.1 Å². The molecule has 1 aromatic carbocycles. The lowest BCUT2D eigenvalue weighted by molar-refractivity contribution is 0.372. The molecule has 1 aliphatic heterocycles. The molecule has 1 atom stereocenters. The van der Waals surface area contributed by atoms with Crippen molar-refractivity contribution in [3.63, 3.8) is 0 Å². The van der Waals surface area contributed by atoms with Crippen molar-refractivity contribution < 1.29 is 8.42 Å². The molecule has 1 fully saturated rings. The van der Waals surface area contributed by atoms with Crippen LogP contribution in [0.1, 0.15) is 12.8 Å². The number of hydrogen-bond acceptors (Lipinski definition) is 5. The molecule has 0 spiro atoms. The fourth-order valence-corrected chi connectivity index (χ4v) is 3.25. The topological polar surface area (TPSA) is 92.7 Å². The maximum atomic E-state index is 11.5. The highest BCUT2D eigenvalue weighted by Gasteiger charge is 2.27. The minimum absolute atomic E-state index is 0.109. The molecule has 0 bridgehead atoms. The Labute approximate surface area is 120 Å². The van der Waals surface area contributed by atoms with Crippen LogP contribution in [0.5, 0.6) is 0 Å². The van der Waals surface area contributed by atoms with E-state index in [0.717, 1.165) is 31.6 Å². The third kappa shape index (κ3) is 3.23. The summed E-state index contributed by atoms with van der Waals surface area (Å²) < 4.78 is 23.0. The van der Waals surface area contributed by atoms with Gasteiger partial charge in [-0.1, -0.05) is 0 Å². The molecule has 0 aromatic heterocycles. The quantitative estimate of drug-likeness (QED) is 0.787. The Morgan fingerprint density at radius 2 is 2.10 bits per heavy atom. The lowest BCUT2D eigenvalue weighted by Crippen LogP contribution is -2.38. The number of nitrogen functional groups attached to an aromatic ring is 1. The first-order valence-corrected chi connectivity index (χ1v) is 8.17. The summed E-state index contributed by atoms with van der Waals surface area (Å²) in [6.07, 6.45) is 2.16. The third-order valence-corrected chi connectivity index (χ3v) is 4.50. The molecule has 2 rings (SSSR count). The second-order valence-corrected chi connectivity index (χ2v) is 7.08. The van der Waals surface area contributed by atoms with Crippen molar-refractivity contribution in [2.24, 2.45) is 5.14 Å². The zero-order valence-corrected chi connectivity index (χ0v) is 12.7. The third-order valence-electron chi connectivity index (χ3n) is 3.59. The molecule has 7 heteroatoms. The first-order chi connectivity index (χ1) is 9.29. The van der Waals surface area contributed by atoms with E-state index in [9.17, 15) is 8.42 Å². The van der Waals surface area contributed by atoms with E-state index >= 15 is 0 Å². The first-order valence-electron chi connectivity index (χ1n) is 6.63. The summed E-state index contributed by atoms with van der Waals surface area (Å²) in [5.74, 6) is 0. The van der Waals surface area contributed by atoms with E-state index in [2.05, 4.69) is 9.80 Å². The maximum Gasteiger partial charge on any atom is 0.238 e. The van der Waals surface area contributed by atoms with E-state index in [1.165, 1.54) is 6.07 Å². The van der Waals surface area contributed by atoms with Gasteiger partial charge in [-0.2, -0.15) is 0 Å². The fraction of sp³-hybridized carbons (Fsp3) is 0.538. The Kier molecular flexibility index (Phi) is 4.22. The molecule has 20 heavy (non-hydrogen) atoms. The van der Waals surface area contributed by atoms with Gasteiger partial charge >= 0.3 is 0 Å². The van der Waals surface area contributed by atoms with Crippen LogP contribution < -0.4 is 15.8 Å². The highest BCUT2D eigenvalue weighted by atomic mass is 32.2. The minimum Gasteiger partial charge on any atom is -0.397 e. The Balaban J connectivity index is 2.36. The van der Waals surface area contributed by atoms with E-state index in [1.54, 1.807) is 12.1 Å². The SMILES string of the molecule is CN(C)CC1CCCN1c1cc(S(N)(=O)=O)ccc1N. The van der Waals surface area contributed by atoms with Crippen LogP contribution in [0.2, 0.25) is 0 Å². The Bertz CT molecular complexity index is 586. The first kappa shape index (κ1) is 15.1. The van der Waals surface area contributed by atoms with Crippen molar-refractivity contribution in [3.05, 3.63) is 18.2 Å². The lowest BCUT2D eigenvalue weighted by Gasteiger charge is -2.30. The lowest BCUT2D eigenvalue weighted by atomic mass is 10.2. The number of nitrogens with zero attached hydrogens (tertiary/aromatic N) is 2. The van der Waals surface area contributed by atoms with Gasteiger partial charge < -0.3 is 15.5 Å². The largest absolute Gasteiger partial charge is 0.397 e. The summed E-state index contributed by atoms with van der Waals surface area (Å²) in [7, 11) is 0.352. The zero-order valence-electron chi connectivity index (χ0n) is 11.9. The molecule has 1 aromatic rings. The summed E-state index contributed by atoms with van der Waals surface area (Å²) in [6.45, 7) is 1.80. The number of sulfonamides is 1. The second kappa shape index (κ2) is 5.59. The summed E-state index contributed by atoms with van der Waals surface area (Å²) in [4.78, 5) is 4.42. The monoisotopic (exact) mass is 298 g/mol. The van der Waals surface area contributed by atoms with Gasteiger partial charge in [0.1, 0.15) is 0 Å². The van der Waals surface area contributed by atoms with Gasteiger partial charge in [-0.3, -0.25) is 0 Å². The summed E-state index contributed by atoms with van der Waals surface area (Å²) >= 11 is 0. The molecule has 4 N–H and O–H groups in total. The molecule has 1 unspecified atom stereocenters. The van der Waals surface area contributed by atoms with Gasteiger partial charge in [-0.15, -0.1) is 0 Å². The van der Waals surface area contributed by atoms with Crippen molar-refractivity contribution >= 4 is 21.4 Å². The van der Waals surface area contributed by atoms with E-state index < -0.39 is 10.0 Å². The minimum atomic E-state index is -3.70. The number of rotatable bonds is 4. The number of likely N-dealkylation sites (N-methyl/N-ethyl adjacent to an activating group) is 1. The number of anilines is 2. The fourth-order valence-electron chi connectivity index (χ4n) is 2.71. The van der Waals surface area contributed by atoms with Crippen LogP contribution in [0, 0.1) is 0 Å². The van der Waals surface area contributed by atoms with E-state index in [1.807, 2.05) is 14.1 Å². The standard InChI is InChI=1S/C13H22N4O2S/c1-16(2)9-10-4-3-7-17(10)13-8-11(20(15,18)19)5-6-12(13)14/h5-6,8,10H,3-4,7,9,14H2,1-2H3,(H2,15,18,19). The Hall–Kier alpha value is -1.31. The number of primary sulfonamides is 1. The average Bonchev–Trinajstić information content (AvgIpc) is 2.75. The van der Waals surface area contributed by atoms with E-state index in [4.69, 9.17) is 10.9 Å². The van der Waals surface area contributed by atoms with Crippen molar-refractivity contribution in [2.75, 3.05) is 37.8 Å².